The average Bonchev–Trinajstić information content (AvgIpc) is 3.07. The third-order valence-corrected chi connectivity index (χ3v) is 4.63. The van der Waals surface area contributed by atoms with Gasteiger partial charge in [0.25, 0.3) is 0 Å². The molecular weight excluding hydrogens is 368 g/mol. The fraction of sp³-hybridized carbons (Fsp3) is 0.455. The highest BCUT2D eigenvalue weighted by Gasteiger charge is 2.21. The van der Waals surface area contributed by atoms with E-state index in [0.29, 0.717) is 12.3 Å². The summed E-state index contributed by atoms with van der Waals surface area (Å²) in [5.41, 5.74) is 4.36. The van der Waals surface area contributed by atoms with Crippen LogP contribution in [0.4, 0.5) is 5.82 Å². The first-order valence-corrected chi connectivity index (χ1v) is 9.99. The quantitative estimate of drug-likeness (QED) is 0.649. The molecule has 0 saturated heterocycles. The van der Waals surface area contributed by atoms with Crippen LogP contribution in [-0.2, 0) is 0 Å². The molecule has 0 aliphatic rings. The summed E-state index contributed by atoms with van der Waals surface area (Å²) in [6.45, 7) is 11.4. The number of likely N-dealkylation sites (N-methyl/N-ethyl adjacent to an activating group) is 1. The predicted octanol–water partition coefficient (Wildman–Crippen LogP) is 3.88. The number of anilines is 1. The Morgan fingerprint density at radius 1 is 1.10 bits per heavy atom. The van der Waals surface area contributed by atoms with Crippen LogP contribution in [0.25, 0.3) is 16.8 Å². The zero-order valence-electron chi connectivity index (χ0n) is 18.5. The maximum atomic E-state index is 9.41. The number of aliphatic hydroxyl groups excluding tert-OH is 1. The number of fused-ring (bicyclic) bond motifs is 1. The van der Waals surface area contributed by atoms with E-state index in [1.54, 1.807) is 14.2 Å². The second kappa shape index (κ2) is 10.1. The molecule has 0 saturated carbocycles. The first-order chi connectivity index (χ1) is 14.0. The number of aromatic nitrogens is 3. The van der Waals surface area contributed by atoms with E-state index in [0.717, 1.165) is 46.3 Å². The molecule has 0 aliphatic carbocycles. The average molecular weight is 401 g/mol. The topological polar surface area (TPSA) is 72.1 Å². The summed E-state index contributed by atoms with van der Waals surface area (Å²) in [4.78, 5) is 6.84. The molecule has 0 fully saturated rings. The van der Waals surface area contributed by atoms with Crippen molar-refractivity contribution in [2.45, 2.75) is 34.6 Å². The van der Waals surface area contributed by atoms with Crippen LogP contribution in [0, 0.1) is 13.8 Å². The Morgan fingerprint density at radius 3 is 2.41 bits per heavy atom. The first kappa shape index (κ1) is 22.5. The van der Waals surface area contributed by atoms with Crippen molar-refractivity contribution in [2.75, 3.05) is 38.8 Å². The normalized spacial score (nSPS) is 10.5. The molecule has 3 aromatic rings. The van der Waals surface area contributed by atoms with Gasteiger partial charge in [0.1, 0.15) is 17.3 Å². The molecule has 1 N–H and O–H groups in total. The van der Waals surface area contributed by atoms with Crippen LogP contribution in [0.5, 0.6) is 11.5 Å². The van der Waals surface area contributed by atoms with Crippen LogP contribution in [0.3, 0.4) is 0 Å². The summed E-state index contributed by atoms with van der Waals surface area (Å²) in [5.74, 6) is 2.35. The third kappa shape index (κ3) is 4.45. The van der Waals surface area contributed by atoms with Crippen molar-refractivity contribution >= 4 is 11.5 Å². The van der Waals surface area contributed by atoms with Crippen LogP contribution in [0.2, 0.25) is 0 Å². The Morgan fingerprint density at radius 2 is 1.83 bits per heavy atom. The van der Waals surface area contributed by atoms with Gasteiger partial charge in [-0.15, -0.1) is 0 Å². The summed E-state index contributed by atoms with van der Waals surface area (Å²) in [7, 11) is 3.27. The lowest BCUT2D eigenvalue weighted by Crippen LogP contribution is -2.28. The molecule has 0 radical (unpaired) electrons. The highest BCUT2D eigenvalue weighted by atomic mass is 16.5. The largest absolute Gasteiger partial charge is 0.497 e. The highest BCUT2D eigenvalue weighted by molar-refractivity contribution is 5.85. The lowest BCUT2D eigenvalue weighted by Gasteiger charge is -2.22. The van der Waals surface area contributed by atoms with Gasteiger partial charge in [-0.05, 0) is 32.9 Å². The molecule has 2 heterocycles. The van der Waals surface area contributed by atoms with Crippen LogP contribution in [-0.4, -0.2) is 53.6 Å². The van der Waals surface area contributed by atoms with Crippen molar-refractivity contribution in [1.29, 1.82) is 0 Å². The maximum Gasteiger partial charge on any atom is 0.165 e. The van der Waals surface area contributed by atoms with Gasteiger partial charge < -0.3 is 19.5 Å². The number of methoxy groups -OCH3 is 2. The molecule has 0 atom stereocenters. The van der Waals surface area contributed by atoms with Crippen molar-refractivity contribution in [3.63, 3.8) is 0 Å². The molecule has 2 aromatic heterocycles. The Labute approximate surface area is 172 Å². The number of hydrogen-bond donors (Lipinski definition) is 1. The number of rotatable bonds is 7. The maximum absolute atomic E-state index is 9.41. The standard InChI is InChI=1S/C20H26N4O3.C2H6/c1-6-23(9-10-25)18-11-13(2)21-20-19(14(3)22-24(18)20)16-8-7-15(26-4)12-17(16)27-5;1-2/h7-8,11-12,25H,6,9-10H2,1-5H3;1-2H3. The van der Waals surface area contributed by atoms with E-state index in [4.69, 9.17) is 19.6 Å². The minimum absolute atomic E-state index is 0.0795. The highest BCUT2D eigenvalue weighted by Crippen LogP contribution is 2.38. The second-order valence-corrected chi connectivity index (χ2v) is 6.32. The molecule has 7 nitrogen and oxygen atoms in total. The lowest BCUT2D eigenvalue weighted by atomic mass is 10.0. The molecule has 0 amide bonds. The van der Waals surface area contributed by atoms with Crippen LogP contribution >= 0.6 is 0 Å². The first-order valence-electron chi connectivity index (χ1n) is 9.99. The van der Waals surface area contributed by atoms with E-state index in [1.165, 1.54) is 0 Å². The summed E-state index contributed by atoms with van der Waals surface area (Å²) >= 11 is 0. The lowest BCUT2D eigenvalue weighted by molar-refractivity contribution is 0.302. The minimum atomic E-state index is 0.0795. The monoisotopic (exact) mass is 400 g/mol. The van der Waals surface area contributed by atoms with E-state index in [-0.39, 0.29) is 6.61 Å². The van der Waals surface area contributed by atoms with Crippen LogP contribution in [0.1, 0.15) is 32.2 Å². The van der Waals surface area contributed by atoms with E-state index >= 15 is 0 Å². The van der Waals surface area contributed by atoms with E-state index in [2.05, 4.69) is 11.8 Å². The Balaban J connectivity index is 0.00000145. The summed E-state index contributed by atoms with van der Waals surface area (Å²) in [5, 5.41) is 14.2. The molecule has 3 rings (SSSR count). The number of nitrogens with zero attached hydrogens (tertiary/aromatic N) is 4. The van der Waals surface area contributed by atoms with Gasteiger partial charge in [0.05, 0.1) is 32.1 Å². The van der Waals surface area contributed by atoms with Crippen molar-refractivity contribution in [3.8, 4) is 22.6 Å². The molecule has 29 heavy (non-hydrogen) atoms. The van der Waals surface area contributed by atoms with Gasteiger partial charge in [0, 0.05) is 36.5 Å². The summed E-state index contributed by atoms with van der Waals surface area (Å²) < 4.78 is 12.8. The third-order valence-electron chi connectivity index (χ3n) is 4.63. The molecule has 158 valence electrons. The number of ether oxygens (including phenoxy) is 2. The van der Waals surface area contributed by atoms with Gasteiger partial charge in [-0.2, -0.15) is 9.61 Å². The van der Waals surface area contributed by atoms with Crippen molar-refractivity contribution in [2.24, 2.45) is 0 Å². The molecule has 1 aromatic carbocycles. The zero-order chi connectivity index (χ0) is 21.6. The smallest absolute Gasteiger partial charge is 0.165 e. The van der Waals surface area contributed by atoms with E-state index in [9.17, 15) is 5.11 Å². The fourth-order valence-electron chi connectivity index (χ4n) is 3.33. The van der Waals surface area contributed by atoms with Gasteiger partial charge in [-0.1, -0.05) is 13.8 Å². The van der Waals surface area contributed by atoms with Gasteiger partial charge in [0.2, 0.25) is 0 Å². The minimum Gasteiger partial charge on any atom is -0.497 e. The van der Waals surface area contributed by atoms with E-state index in [1.807, 2.05) is 56.5 Å². The van der Waals surface area contributed by atoms with Gasteiger partial charge >= 0.3 is 0 Å². The fourth-order valence-corrected chi connectivity index (χ4v) is 3.33. The molecule has 0 unspecified atom stereocenters. The number of aliphatic hydroxyl groups is 1. The molecule has 0 aliphatic heterocycles. The second-order valence-electron chi connectivity index (χ2n) is 6.32. The van der Waals surface area contributed by atoms with Crippen LogP contribution < -0.4 is 14.4 Å². The van der Waals surface area contributed by atoms with Gasteiger partial charge in [0.15, 0.2) is 5.65 Å². The van der Waals surface area contributed by atoms with Crippen molar-refractivity contribution < 1.29 is 14.6 Å². The Hall–Kier alpha value is -2.80. The predicted molar refractivity (Wildman–Crippen MR) is 117 cm³/mol. The number of hydrogen-bond acceptors (Lipinski definition) is 6. The molecular formula is C22H32N4O3. The molecule has 7 heteroatoms. The Bertz CT molecular complexity index is 953. The summed E-state index contributed by atoms with van der Waals surface area (Å²) in [6.07, 6.45) is 0. The van der Waals surface area contributed by atoms with Gasteiger partial charge in [-0.25, -0.2) is 4.98 Å². The SMILES string of the molecule is CC.CCN(CCO)c1cc(C)nc2c(-c3ccc(OC)cc3OC)c(C)nn12. The number of aryl methyl sites for hydroxylation is 2. The van der Waals surface area contributed by atoms with Crippen molar-refractivity contribution in [1.82, 2.24) is 14.6 Å². The molecule has 0 bridgehead atoms. The number of benzene rings is 1. The van der Waals surface area contributed by atoms with E-state index < -0.39 is 0 Å². The van der Waals surface area contributed by atoms with Gasteiger partial charge in [-0.3, -0.25) is 0 Å². The molecule has 0 spiro atoms. The Kier molecular flexibility index (Phi) is 7.84. The van der Waals surface area contributed by atoms with Crippen molar-refractivity contribution in [3.05, 3.63) is 35.7 Å². The van der Waals surface area contributed by atoms with Crippen LogP contribution in [0.15, 0.2) is 24.3 Å². The summed E-state index contributed by atoms with van der Waals surface area (Å²) in [6, 6.07) is 7.73. The zero-order valence-corrected chi connectivity index (χ0v) is 18.5.